The molecule has 1 fully saturated rings. The predicted octanol–water partition coefficient (Wildman–Crippen LogP) is 2.06. The molecule has 106 valence electrons. The van der Waals surface area contributed by atoms with Crippen molar-refractivity contribution < 1.29 is 4.74 Å². The number of benzene rings is 1. The fraction of sp³-hybridized carbons (Fsp3) is 0.625. The topological polar surface area (TPSA) is 38.5 Å². The third-order valence-corrected chi connectivity index (χ3v) is 3.80. The molecule has 0 aliphatic carbocycles. The van der Waals surface area contributed by atoms with E-state index >= 15 is 0 Å². The largest absolute Gasteiger partial charge is 0.374 e. The molecule has 1 heterocycles. The fourth-order valence-corrected chi connectivity index (χ4v) is 2.67. The summed E-state index contributed by atoms with van der Waals surface area (Å²) in [5, 5.41) is 0. The zero-order valence-corrected chi connectivity index (χ0v) is 11.9. The molecule has 19 heavy (non-hydrogen) atoms. The highest BCUT2D eigenvalue weighted by molar-refractivity contribution is 5.14. The monoisotopic (exact) mass is 262 g/mol. The minimum Gasteiger partial charge on any atom is -0.374 e. The third kappa shape index (κ3) is 4.60. The molecule has 0 saturated carbocycles. The lowest BCUT2D eigenvalue weighted by Gasteiger charge is -2.35. The van der Waals surface area contributed by atoms with Crippen LogP contribution in [0.3, 0.4) is 0 Å². The summed E-state index contributed by atoms with van der Waals surface area (Å²) >= 11 is 0. The summed E-state index contributed by atoms with van der Waals surface area (Å²) < 4.78 is 5.84. The van der Waals surface area contributed by atoms with Gasteiger partial charge in [-0.15, -0.1) is 0 Å². The average molecular weight is 262 g/mol. The van der Waals surface area contributed by atoms with Gasteiger partial charge in [-0.25, -0.2) is 0 Å². The Balaban J connectivity index is 1.77. The van der Waals surface area contributed by atoms with Gasteiger partial charge in [0.05, 0.1) is 12.7 Å². The highest BCUT2D eigenvalue weighted by Gasteiger charge is 2.25. The number of ether oxygens (including phenoxy) is 1. The molecule has 1 aliphatic rings. The fourth-order valence-electron chi connectivity index (χ4n) is 2.67. The van der Waals surface area contributed by atoms with Gasteiger partial charge in [0.2, 0.25) is 0 Å². The molecule has 0 bridgehead atoms. The molecule has 2 unspecified atom stereocenters. The lowest BCUT2D eigenvalue weighted by atomic mass is 10.0. The van der Waals surface area contributed by atoms with Gasteiger partial charge in [-0.05, 0) is 31.4 Å². The first kappa shape index (κ1) is 14.5. The zero-order valence-electron chi connectivity index (χ0n) is 11.9. The first-order valence-corrected chi connectivity index (χ1v) is 7.43. The molecule has 0 aromatic heterocycles. The van der Waals surface area contributed by atoms with Crippen LogP contribution in [0.5, 0.6) is 0 Å². The van der Waals surface area contributed by atoms with Crippen molar-refractivity contribution in [3.63, 3.8) is 0 Å². The maximum Gasteiger partial charge on any atom is 0.0853 e. The van der Waals surface area contributed by atoms with Gasteiger partial charge in [-0.2, -0.15) is 0 Å². The molecule has 0 amide bonds. The van der Waals surface area contributed by atoms with E-state index in [0.717, 1.165) is 39.1 Å². The molecule has 2 rings (SSSR count). The standard InChI is InChI=1S/C16H26N2O/c1-2-10-18-11-12-19-16(13-18)15(17)9-8-14-6-4-3-5-7-14/h3-7,15-16H,2,8-13,17H2,1H3. The summed E-state index contributed by atoms with van der Waals surface area (Å²) in [5.41, 5.74) is 7.66. The molecule has 3 heteroatoms. The van der Waals surface area contributed by atoms with E-state index in [1.165, 1.54) is 12.0 Å². The van der Waals surface area contributed by atoms with Gasteiger partial charge in [0.15, 0.2) is 0 Å². The Kier molecular flexibility index (Phi) is 5.83. The average Bonchev–Trinajstić information content (AvgIpc) is 2.46. The quantitative estimate of drug-likeness (QED) is 0.853. The molecule has 1 aromatic rings. The van der Waals surface area contributed by atoms with E-state index in [1.807, 2.05) is 0 Å². The van der Waals surface area contributed by atoms with Gasteiger partial charge >= 0.3 is 0 Å². The lowest BCUT2D eigenvalue weighted by Crippen LogP contribution is -2.50. The number of hydrogen-bond donors (Lipinski definition) is 1. The Morgan fingerprint density at radius 1 is 1.37 bits per heavy atom. The second kappa shape index (κ2) is 7.63. The van der Waals surface area contributed by atoms with Crippen molar-refractivity contribution in [3.05, 3.63) is 35.9 Å². The molecule has 1 aliphatic heterocycles. The Hall–Kier alpha value is -0.900. The number of morpholine rings is 1. The zero-order chi connectivity index (χ0) is 13.5. The maximum atomic E-state index is 6.30. The van der Waals surface area contributed by atoms with Crippen LogP contribution in [0.2, 0.25) is 0 Å². The molecule has 1 saturated heterocycles. The van der Waals surface area contributed by atoms with Crippen molar-refractivity contribution in [1.29, 1.82) is 0 Å². The summed E-state index contributed by atoms with van der Waals surface area (Å²) in [7, 11) is 0. The van der Waals surface area contributed by atoms with E-state index in [9.17, 15) is 0 Å². The highest BCUT2D eigenvalue weighted by atomic mass is 16.5. The van der Waals surface area contributed by atoms with Crippen LogP contribution in [-0.2, 0) is 11.2 Å². The molecule has 0 spiro atoms. The smallest absolute Gasteiger partial charge is 0.0853 e. The molecular formula is C16H26N2O. The minimum absolute atomic E-state index is 0.139. The highest BCUT2D eigenvalue weighted by Crippen LogP contribution is 2.13. The van der Waals surface area contributed by atoms with Crippen LogP contribution < -0.4 is 5.73 Å². The van der Waals surface area contributed by atoms with E-state index in [4.69, 9.17) is 10.5 Å². The number of nitrogens with zero attached hydrogens (tertiary/aromatic N) is 1. The van der Waals surface area contributed by atoms with Crippen LogP contribution in [0.25, 0.3) is 0 Å². The van der Waals surface area contributed by atoms with Gasteiger partial charge in [0.1, 0.15) is 0 Å². The molecule has 2 N–H and O–H groups in total. The lowest BCUT2D eigenvalue weighted by molar-refractivity contribution is -0.0412. The van der Waals surface area contributed by atoms with Gasteiger partial charge in [-0.3, -0.25) is 4.90 Å². The van der Waals surface area contributed by atoms with E-state index in [2.05, 4.69) is 42.2 Å². The Morgan fingerprint density at radius 2 is 2.16 bits per heavy atom. The first-order valence-electron chi connectivity index (χ1n) is 7.43. The Morgan fingerprint density at radius 3 is 2.89 bits per heavy atom. The van der Waals surface area contributed by atoms with Gasteiger partial charge in [0.25, 0.3) is 0 Å². The maximum absolute atomic E-state index is 6.30. The van der Waals surface area contributed by atoms with Crippen LogP contribution in [0.1, 0.15) is 25.3 Å². The Labute approximate surface area is 116 Å². The summed E-state index contributed by atoms with van der Waals surface area (Å²) in [6.45, 7) is 6.24. The molecular weight excluding hydrogens is 236 g/mol. The van der Waals surface area contributed by atoms with Crippen molar-refractivity contribution in [3.8, 4) is 0 Å². The van der Waals surface area contributed by atoms with Crippen molar-refractivity contribution >= 4 is 0 Å². The molecule has 0 radical (unpaired) electrons. The molecule has 3 nitrogen and oxygen atoms in total. The van der Waals surface area contributed by atoms with Crippen LogP contribution in [0, 0.1) is 0 Å². The normalized spacial score (nSPS) is 22.3. The predicted molar refractivity (Wildman–Crippen MR) is 79.2 cm³/mol. The van der Waals surface area contributed by atoms with Crippen LogP contribution in [-0.4, -0.2) is 43.3 Å². The second-order valence-electron chi connectivity index (χ2n) is 5.40. The van der Waals surface area contributed by atoms with Gasteiger partial charge < -0.3 is 10.5 Å². The van der Waals surface area contributed by atoms with Crippen molar-refractivity contribution in [1.82, 2.24) is 4.90 Å². The number of nitrogens with two attached hydrogens (primary N) is 1. The molecule has 1 aromatic carbocycles. The number of rotatable bonds is 6. The van der Waals surface area contributed by atoms with E-state index in [1.54, 1.807) is 0 Å². The second-order valence-corrected chi connectivity index (χ2v) is 5.40. The molecule has 2 atom stereocenters. The van der Waals surface area contributed by atoms with Crippen molar-refractivity contribution in [2.75, 3.05) is 26.2 Å². The number of hydrogen-bond acceptors (Lipinski definition) is 3. The van der Waals surface area contributed by atoms with Crippen molar-refractivity contribution in [2.45, 2.75) is 38.3 Å². The SMILES string of the molecule is CCCN1CCOC(C(N)CCc2ccccc2)C1. The first-order chi connectivity index (χ1) is 9.29. The summed E-state index contributed by atoms with van der Waals surface area (Å²) in [4.78, 5) is 2.47. The van der Waals surface area contributed by atoms with Crippen LogP contribution >= 0.6 is 0 Å². The number of aryl methyl sites for hydroxylation is 1. The van der Waals surface area contributed by atoms with Gasteiger partial charge in [0, 0.05) is 19.1 Å². The van der Waals surface area contributed by atoms with Gasteiger partial charge in [-0.1, -0.05) is 37.3 Å². The van der Waals surface area contributed by atoms with E-state index in [0.29, 0.717) is 0 Å². The van der Waals surface area contributed by atoms with E-state index < -0.39 is 0 Å². The van der Waals surface area contributed by atoms with Crippen molar-refractivity contribution in [2.24, 2.45) is 5.73 Å². The third-order valence-electron chi connectivity index (χ3n) is 3.80. The summed E-state index contributed by atoms with van der Waals surface area (Å²) in [6.07, 6.45) is 3.43. The minimum atomic E-state index is 0.139. The Bertz CT molecular complexity index is 353. The van der Waals surface area contributed by atoms with E-state index in [-0.39, 0.29) is 12.1 Å². The van der Waals surface area contributed by atoms with Crippen LogP contribution in [0.4, 0.5) is 0 Å². The van der Waals surface area contributed by atoms with Crippen LogP contribution in [0.15, 0.2) is 30.3 Å². The summed E-state index contributed by atoms with van der Waals surface area (Å²) in [5.74, 6) is 0. The summed E-state index contributed by atoms with van der Waals surface area (Å²) in [6, 6.07) is 10.7.